The smallest absolute Gasteiger partial charge is 0.150 e. The third-order valence-corrected chi connectivity index (χ3v) is 2.54. The molecule has 1 atom stereocenters. The number of rotatable bonds is 2. The highest BCUT2D eigenvalue weighted by atomic mass is 16.5. The zero-order valence-corrected chi connectivity index (χ0v) is 8.44. The molecule has 0 saturated carbocycles. The van der Waals surface area contributed by atoms with Crippen molar-refractivity contribution in [2.75, 3.05) is 13.1 Å². The second-order valence-corrected chi connectivity index (χ2v) is 3.97. The van der Waals surface area contributed by atoms with Gasteiger partial charge in [-0.2, -0.15) is 0 Å². The zero-order chi connectivity index (χ0) is 9.97. The van der Waals surface area contributed by atoms with E-state index < -0.39 is 0 Å². The van der Waals surface area contributed by atoms with Crippen molar-refractivity contribution in [2.24, 2.45) is 0 Å². The van der Waals surface area contributed by atoms with Gasteiger partial charge in [0, 0.05) is 12.6 Å². The molecule has 0 spiro atoms. The van der Waals surface area contributed by atoms with Crippen LogP contribution in [-0.4, -0.2) is 34.4 Å². The van der Waals surface area contributed by atoms with Gasteiger partial charge in [-0.15, -0.1) is 0 Å². The Morgan fingerprint density at radius 3 is 3.21 bits per heavy atom. The fourth-order valence-corrected chi connectivity index (χ4v) is 1.89. The molecule has 2 heterocycles. The first kappa shape index (κ1) is 9.68. The molecule has 0 amide bonds. The summed E-state index contributed by atoms with van der Waals surface area (Å²) in [5.74, 6) is 0.886. The van der Waals surface area contributed by atoms with Crippen LogP contribution in [0.2, 0.25) is 0 Å². The number of β-amino-alcohol motifs (C(OH)–C–C–N with tert-alkyl or cyclic N) is 1. The summed E-state index contributed by atoms with van der Waals surface area (Å²) in [6.45, 7) is 4.46. The highest BCUT2D eigenvalue weighted by Gasteiger charge is 2.18. The Morgan fingerprint density at radius 2 is 2.57 bits per heavy atom. The van der Waals surface area contributed by atoms with Crippen molar-refractivity contribution >= 4 is 0 Å². The lowest BCUT2D eigenvalue weighted by Gasteiger charge is -2.28. The lowest BCUT2D eigenvalue weighted by Crippen LogP contribution is -2.37. The Morgan fingerprint density at radius 1 is 1.71 bits per heavy atom. The molecule has 1 aromatic heterocycles. The van der Waals surface area contributed by atoms with E-state index in [1.54, 1.807) is 0 Å². The average molecular weight is 196 g/mol. The van der Waals surface area contributed by atoms with Gasteiger partial charge < -0.3 is 9.63 Å². The normalized spacial score (nSPS) is 24.0. The van der Waals surface area contributed by atoms with Crippen LogP contribution >= 0.6 is 0 Å². The molecule has 0 aromatic carbocycles. The summed E-state index contributed by atoms with van der Waals surface area (Å²) in [6, 6.07) is 1.95. The predicted molar refractivity (Wildman–Crippen MR) is 51.8 cm³/mol. The van der Waals surface area contributed by atoms with Gasteiger partial charge in [-0.25, -0.2) is 0 Å². The summed E-state index contributed by atoms with van der Waals surface area (Å²) in [6.07, 6.45) is 1.81. The summed E-state index contributed by atoms with van der Waals surface area (Å²) in [7, 11) is 0. The number of aliphatic hydroxyl groups excluding tert-OH is 1. The van der Waals surface area contributed by atoms with Crippen molar-refractivity contribution in [2.45, 2.75) is 32.4 Å². The van der Waals surface area contributed by atoms with Gasteiger partial charge in [0.25, 0.3) is 0 Å². The second kappa shape index (κ2) is 4.11. The Kier molecular flexibility index (Phi) is 2.84. The fraction of sp³-hybridized carbons (Fsp3) is 0.700. The lowest BCUT2D eigenvalue weighted by atomic mass is 10.1. The van der Waals surface area contributed by atoms with E-state index in [2.05, 4.69) is 10.1 Å². The third-order valence-electron chi connectivity index (χ3n) is 2.54. The number of aromatic nitrogens is 1. The van der Waals surface area contributed by atoms with Gasteiger partial charge >= 0.3 is 0 Å². The first-order chi connectivity index (χ1) is 6.74. The van der Waals surface area contributed by atoms with Gasteiger partial charge in [0.2, 0.25) is 0 Å². The van der Waals surface area contributed by atoms with Crippen LogP contribution in [0.1, 0.15) is 24.3 Å². The molecule has 4 heteroatoms. The molecule has 1 aromatic rings. The van der Waals surface area contributed by atoms with Crippen LogP contribution in [0.4, 0.5) is 0 Å². The molecule has 1 saturated heterocycles. The zero-order valence-electron chi connectivity index (χ0n) is 8.44. The standard InChI is InChI=1S/C10H16N2O2/c1-8-5-10(14-11-8)7-12-4-2-3-9(13)6-12/h5,9,13H,2-4,6-7H2,1H3. The average Bonchev–Trinajstić information content (AvgIpc) is 2.51. The van der Waals surface area contributed by atoms with Crippen LogP contribution in [0.15, 0.2) is 10.6 Å². The number of likely N-dealkylation sites (tertiary alicyclic amines) is 1. The fourth-order valence-electron chi connectivity index (χ4n) is 1.89. The van der Waals surface area contributed by atoms with Crippen molar-refractivity contribution in [3.63, 3.8) is 0 Å². The lowest BCUT2D eigenvalue weighted by molar-refractivity contribution is 0.0622. The predicted octanol–water partition coefficient (Wildman–Crippen LogP) is 0.940. The van der Waals surface area contributed by atoms with Crippen molar-refractivity contribution in [1.82, 2.24) is 10.1 Å². The minimum Gasteiger partial charge on any atom is -0.392 e. The molecule has 4 nitrogen and oxygen atoms in total. The maximum atomic E-state index is 9.47. The van der Waals surface area contributed by atoms with E-state index in [0.717, 1.165) is 43.9 Å². The molecule has 1 aliphatic heterocycles. The molecular weight excluding hydrogens is 180 g/mol. The van der Waals surface area contributed by atoms with Crippen LogP contribution in [-0.2, 0) is 6.54 Å². The SMILES string of the molecule is Cc1cc(CN2CCCC(O)C2)on1. The minimum absolute atomic E-state index is 0.173. The molecule has 0 radical (unpaired) electrons. The van der Waals surface area contributed by atoms with Crippen LogP contribution in [0.5, 0.6) is 0 Å². The first-order valence-corrected chi connectivity index (χ1v) is 5.06. The van der Waals surface area contributed by atoms with Gasteiger partial charge in [0.05, 0.1) is 18.3 Å². The highest BCUT2D eigenvalue weighted by Crippen LogP contribution is 2.13. The van der Waals surface area contributed by atoms with Crippen molar-refractivity contribution < 1.29 is 9.63 Å². The number of hydrogen-bond acceptors (Lipinski definition) is 4. The van der Waals surface area contributed by atoms with Crippen LogP contribution in [0.25, 0.3) is 0 Å². The molecule has 1 fully saturated rings. The highest BCUT2D eigenvalue weighted by molar-refractivity contribution is 5.03. The van der Waals surface area contributed by atoms with E-state index in [4.69, 9.17) is 4.52 Å². The van der Waals surface area contributed by atoms with Gasteiger partial charge in [0.1, 0.15) is 0 Å². The number of piperidine rings is 1. The van der Waals surface area contributed by atoms with Gasteiger partial charge in [0.15, 0.2) is 5.76 Å². The second-order valence-electron chi connectivity index (χ2n) is 3.97. The van der Waals surface area contributed by atoms with Crippen LogP contribution in [0, 0.1) is 6.92 Å². The molecular formula is C10H16N2O2. The quantitative estimate of drug-likeness (QED) is 0.764. The van der Waals surface area contributed by atoms with E-state index in [1.807, 2.05) is 13.0 Å². The van der Waals surface area contributed by atoms with Crippen molar-refractivity contribution in [3.05, 3.63) is 17.5 Å². The maximum absolute atomic E-state index is 9.47. The molecule has 78 valence electrons. The topological polar surface area (TPSA) is 49.5 Å². The number of aryl methyl sites for hydroxylation is 1. The van der Waals surface area contributed by atoms with Crippen molar-refractivity contribution in [1.29, 1.82) is 0 Å². The molecule has 0 aliphatic carbocycles. The summed E-state index contributed by atoms with van der Waals surface area (Å²) >= 11 is 0. The van der Waals surface area contributed by atoms with E-state index >= 15 is 0 Å². The van der Waals surface area contributed by atoms with Crippen molar-refractivity contribution in [3.8, 4) is 0 Å². The molecule has 1 unspecified atom stereocenters. The third kappa shape index (κ3) is 2.33. The van der Waals surface area contributed by atoms with Crippen LogP contribution < -0.4 is 0 Å². The molecule has 2 rings (SSSR count). The first-order valence-electron chi connectivity index (χ1n) is 5.06. The van der Waals surface area contributed by atoms with Gasteiger partial charge in [-0.05, 0) is 26.3 Å². The molecule has 1 N–H and O–H groups in total. The number of hydrogen-bond donors (Lipinski definition) is 1. The molecule has 1 aliphatic rings. The largest absolute Gasteiger partial charge is 0.392 e. The molecule has 14 heavy (non-hydrogen) atoms. The Balaban J connectivity index is 1.90. The van der Waals surface area contributed by atoms with Gasteiger partial charge in [-0.3, -0.25) is 4.90 Å². The number of nitrogens with zero attached hydrogens (tertiary/aromatic N) is 2. The summed E-state index contributed by atoms with van der Waals surface area (Å²) in [5, 5.41) is 13.3. The number of aliphatic hydroxyl groups is 1. The summed E-state index contributed by atoms with van der Waals surface area (Å²) in [5.41, 5.74) is 0.914. The monoisotopic (exact) mass is 196 g/mol. The summed E-state index contributed by atoms with van der Waals surface area (Å²) < 4.78 is 5.13. The minimum atomic E-state index is -0.173. The van der Waals surface area contributed by atoms with Gasteiger partial charge in [-0.1, -0.05) is 5.16 Å². The molecule has 0 bridgehead atoms. The maximum Gasteiger partial charge on any atom is 0.150 e. The van der Waals surface area contributed by atoms with Crippen LogP contribution in [0.3, 0.4) is 0 Å². The van der Waals surface area contributed by atoms with E-state index in [1.165, 1.54) is 0 Å². The van der Waals surface area contributed by atoms with E-state index in [0.29, 0.717) is 0 Å². The Bertz CT molecular complexity index is 298. The Labute approximate surface area is 83.5 Å². The summed E-state index contributed by atoms with van der Waals surface area (Å²) in [4.78, 5) is 2.20. The van der Waals surface area contributed by atoms with E-state index in [-0.39, 0.29) is 6.10 Å². The van der Waals surface area contributed by atoms with E-state index in [9.17, 15) is 5.11 Å². The Hall–Kier alpha value is -0.870.